The van der Waals surface area contributed by atoms with Gasteiger partial charge in [-0.1, -0.05) is 0 Å². The number of halogens is 1. The Labute approximate surface area is 247 Å². The van der Waals surface area contributed by atoms with Crippen LogP contribution in [0.1, 0.15) is 0 Å². The van der Waals surface area contributed by atoms with Gasteiger partial charge in [-0.3, -0.25) is 10.1 Å². The first-order valence-corrected chi connectivity index (χ1v) is 13.8. The number of pyridine rings is 3. The second kappa shape index (κ2) is 12.1. The number of benzene rings is 1. The first kappa shape index (κ1) is 28.2. The molecule has 12 heteroatoms. The Hall–Kier alpha value is -4.94. The summed E-state index contributed by atoms with van der Waals surface area (Å²) in [6.07, 6.45) is 6.89. The molecule has 5 aromatic heterocycles. The Balaban J connectivity index is 1.33. The van der Waals surface area contributed by atoms with E-state index in [0.717, 1.165) is 35.2 Å². The maximum atomic E-state index is 14.6. The molecule has 0 aliphatic heterocycles. The third-order valence-corrected chi connectivity index (χ3v) is 6.88. The molecule has 1 aromatic carbocycles. The zero-order valence-corrected chi connectivity index (χ0v) is 24.4. The number of nitrogens with zero attached hydrogens (tertiary/aromatic N) is 7. The van der Waals surface area contributed by atoms with Crippen molar-refractivity contribution in [2.45, 2.75) is 0 Å². The number of rotatable bonds is 11. The van der Waals surface area contributed by atoms with Crippen molar-refractivity contribution < 1.29 is 13.9 Å². The van der Waals surface area contributed by atoms with Crippen LogP contribution in [0.3, 0.4) is 0 Å². The number of fused-ring (bicyclic) bond motifs is 2. The van der Waals surface area contributed by atoms with Crippen LogP contribution in [0, 0.1) is 5.82 Å². The van der Waals surface area contributed by atoms with Crippen LogP contribution in [-0.2, 0) is 0 Å². The summed E-state index contributed by atoms with van der Waals surface area (Å²) in [5.74, 6) is 1.30. The Morgan fingerprint density at radius 3 is 2.33 bits per heavy atom. The molecule has 0 saturated carbocycles. The maximum absolute atomic E-state index is 14.6. The second-order valence-corrected chi connectivity index (χ2v) is 10.7. The van der Waals surface area contributed by atoms with Gasteiger partial charge in [-0.15, -0.1) is 0 Å². The Bertz CT molecular complexity index is 1880. The number of H-pyrrole nitrogens is 2. The highest BCUT2D eigenvalue weighted by Gasteiger charge is 2.17. The van der Waals surface area contributed by atoms with Gasteiger partial charge in [-0.2, -0.15) is 5.10 Å². The van der Waals surface area contributed by atoms with Crippen molar-refractivity contribution in [3.8, 4) is 45.3 Å². The van der Waals surface area contributed by atoms with Crippen LogP contribution in [0.25, 0.3) is 56.0 Å². The van der Waals surface area contributed by atoms with E-state index in [1.165, 1.54) is 12.1 Å². The summed E-state index contributed by atoms with van der Waals surface area (Å²) in [4.78, 5) is 25.5. The lowest BCUT2D eigenvalue weighted by Crippen LogP contribution is -2.19. The minimum atomic E-state index is -0.387. The number of nitrogens with one attached hydrogen (secondary N) is 2. The van der Waals surface area contributed by atoms with Crippen LogP contribution < -0.4 is 9.47 Å². The minimum absolute atomic E-state index is 0.387. The molecule has 0 radical (unpaired) electrons. The highest BCUT2D eigenvalue weighted by atomic mass is 19.1. The molecule has 0 amide bonds. The van der Waals surface area contributed by atoms with Gasteiger partial charge in [-0.05, 0) is 64.1 Å². The van der Waals surface area contributed by atoms with E-state index in [9.17, 15) is 4.39 Å². The van der Waals surface area contributed by atoms with Gasteiger partial charge in [0.05, 0.1) is 17.1 Å². The topological polar surface area (TPSA) is 121 Å². The van der Waals surface area contributed by atoms with Crippen LogP contribution in [0.5, 0.6) is 11.5 Å². The van der Waals surface area contributed by atoms with Crippen molar-refractivity contribution in [2.24, 2.45) is 0 Å². The quantitative estimate of drug-likeness (QED) is 0.225. The highest BCUT2D eigenvalue weighted by Crippen LogP contribution is 2.33. The first-order valence-electron chi connectivity index (χ1n) is 13.8. The summed E-state index contributed by atoms with van der Waals surface area (Å²) in [6, 6.07) is 10.4. The fourth-order valence-corrected chi connectivity index (χ4v) is 4.66. The third kappa shape index (κ3) is 6.30. The van der Waals surface area contributed by atoms with E-state index in [1.807, 2.05) is 57.4 Å². The molecule has 6 rings (SSSR count). The molecule has 0 atom stereocenters. The van der Waals surface area contributed by atoms with Crippen LogP contribution in [0.15, 0.2) is 61.2 Å². The summed E-state index contributed by atoms with van der Waals surface area (Å²) < 4.78 is 26.3. The molecule has 0 bridgehead atoms. The molecule has 0 aliphatic rings. The lowest BCUT2D eigenvalue weighted by molar-refractivity contribution is 0.260. The van der Waals surface area contributed by atoms with Crippen molar-refractivity contribution in [2.75, 3.05) is 54.5 Å². The van der Waals surface area contributed by atoms with E-state index in [4.69, 9.17) is 14.5 Å². The molecular weight excluding hydrogens is 549 g/mol. The normalized spacial score (nSPS) is 11.7. The van der Waals surface area contributed by atoms with Gasteiger partial charge in [0.15, 0.2) is 17.1 Å². The van der Waals surface area contributed by atoms with E-state index >= 15 is 0 Å². The molecule has 11 nitrogen and oxygen atoms in total. The Morgan fingerprint density at radius 2 is 1.53 bits per heavy atom. The SMILES string of the molecule is CN(C)CCOc1cncc(-c2cnc3n[nH]c(-c4nc5nccc(-c6cc(F)cc(OCCN(C)C)c6)c5[nH]4)c3c2)c1. The van der Waals surface area contributed by atoms with E-state index < -0.39 is 0 Å². The zero-order valence-electron chi connectivity index (χ0n) is 24.4. The number of ether oxygens (including phenoxy) is 2. The smallest absolute Gasteiger partial charge is 0.181 e. The monoisotopic (exact) mass is 581 g/mol. The molecule has 2 N–H and O–H groups in total. The summed E-state index contributed by atoms with van der Waals surface area (Å²) in [5, 5.41) is 8.23. The van der Waals surface area contributed by atoms with Crippen molar-refractivity contribution in [1.29, 1.82) is 0 Å². The molecule has 220 valence electrons. The second-order valence-electron chi connectivity index (χ2n) is 10.7. The Kier molecular flexibility index (Phi) is 7.95. The van der Waals surface area contributed by atoms with Crippen LogP contribution in [-0.4, -0.2) is 99.4 Å². The molecule has 0 aliphatic carbocycles. The largest absolute Gasteiger partial charge is 0.492 e. The van der Waals surface area contributed by atoms with Gasteiger partial charge in [0.1, 0.15) is 36.2 Å². The van der Waals surface area contributed by atoms with Gasteiger partial charge in [0, 0.05) is 54.4 Å². The summed E-state index contributed by atoms with van der Waals surface area (Å²) >= 11 is 0. The number of aromatic nitrogens is 7. The van der Waals surface area contributed by atoms with Crippen LogP contribution in [0.4, 0.5) is 4.39 Å². The molecule has 0 unspecified atom stereocenters. The average molecular weight is 582 g/mol. The zero-order chi connectivity index (χ0) is 29.9. The fraction of sp³-hybridized carbons (Fsp3) is 0.258. The van der Waals surface area contributed by atoms with Gasteiger partial charge >= 0.3 is 0 Å². The average Bonchev–Trinajstić information content (AvgIpc) is 3.60. The summed E-state index contributed by atoms with van der Waals surface area (Å²) in [7, 11) is 7.92. The van der Waals surface area contributed by atoms with Crippen LogP contribution in [0.2, 0.25) is 0 Å². The molecule has 0 spiro atoms. The lowest BCUT2D eigenvalue weighted by Gasteiger charge is -2.12. The molecule has 0 fully saturated rings. The molecule has 43 heavy (non-hydrogen) atoms. The van der Waals surface area contributed by atoms with E-state index in [0.29, 0.717) is 58.6 Å². The predicted octanol–water partition coefficient (Wildman–Crippen LogP) is 4.65. The number of hydrogen-bond acceptors (Lipinski definition) is 9. The fourth-order valence-electron chi connectivity index (χ4n) is 4.66. The van der Waals surface area contributed by atoms with Crippen LogP contribution >= 0.6 is 0 Å². The van der Waals surface area contributed by atoms with Gasteiger partial charge < -0.3 is 24.3 Å². The first-order chi connectivity index (χ1) is 20.8. The van der Waals surface area contributed by atoms with Gasteiger partial charge in [0.2, 0.25) is 0 Å². The number of likely N-dealkylation sites (N-methyl/N-ethyl adjacent to an activating group) is 2. The summed E-state index contributed by atoms with van der Waals surface area (Å²) in [5.41, 5.74) is 5.49. The number of hydrogen-bond donors (Lipinski definition) is 2. The van der Waals surface area contributed by atoms with E-state index in [1.54, 1.807) is 24.8 Å². The van der Waals surface area contributed by atoms with E-state index in [2.05, 4.69) is 35.0 Å². The van der Waals surface area contributed by atoms with Crippen molar-refractivity contribution >= 4 is 22.2 Å². The van der Waals surface area contributed by atoms with Crippen molar-refractivity contribution in [3.63, 3.8) is 0 Å². The molecule has 5 heterocycles. The summed E-state index contributed by atoms with van der Waals surface area (Å²) in [6.45, 7) is 2.53. The van der Waals surface area contributed by atoms with Crippen molar-refractivity contribution in [1.82, 2.24) is 44.9 Å². The lowest BCUT2D eigenvalue weighted by atomic mass is 10.1. The minimum Gasteiger partial charge on any atom is -0.492 e. The Morgan fingerprint density at radius 1 is 0.791 bits per heavy atom. The number of imidazole rings is 1. The molecule has 6 aromatic rings. The number of aromatic amines is 2. The molecule has 0 saturated heterocycles. The van der Waals surface area contributed by atoms with Crippen molar-refractivity contribution in [3.05, 3.63) is 67.0 Å². The van der Waals surface area contributed by atoms with Gasteiger partial charge in [0.25, 0.3) is 0 Å². The standard InChI is InChI=1S/C31H32FN9O2/c1-40(2)7-9-42-23-12-19(11-22(32)15-23)25-5-6-34-30-27(25)36-31(37-30)28-26-14-21(17-35-29(26)39-38-28)20-13-24(18-33-16-20)43-10-8-41(3)4/h5-6,11-18H,7-10H2,1-4H3,(H,34,36,37)(H,35,38,39). The molecular formula is C31H32FN9O2. The van der Waals surface area contributed by atoms with Gasteiger partial charge in [-0.25, -0.2) is 19.3 Å². The van der Waals surface area contributed by atoms with E-state index in [-0.39, 0.29) is 5.82 Å². The third-order valence-electron chi connectivity index (χ3n) is 6.88. The highest BCUT2D eigenvalue weighted by molar-refractivity contribution is 5.96. The maximum Gasteiger partial charge on any atom is 0.181 e. The predicted molar refractivity (Wildman–Crippen MR) is 163 cm³/mol.